The Hall–Kier alpha value is -2.50. The van der Waals surface area contributed by atoms with Gasteiger partial charge in [0.15, 0.2) is 5.13 Å². The predicted octanol–water partition coefficient (Wildman–Crippen LogP) is 3.04. The summed E-state index contributed by atoms with van der Waals surface area (Å²) in [7, 11) is -3.69. The molecule has 31 heavy (non-hydrogen) atoms. The van der Waals surface area contributed by atoms with E-state index in [1.165, 1.54) is 11.3 Å². The molecule has 3 aromatic rings. The molecule has 0 aliphatic rings. The molecule has 0 saturated heterocycles. The second-order valence-corrected chi connectivity index (χ2v) is 10.4. The number of hydrogen-bond acceptors (Lipinski definition) is 9. The zero-order valence-electron chi connectivity index (χ0n) is 17.5. The Labute approximate surface area is 189 Å². The summed E-state index contributed by atoms with van der Waals surface area (Å²) in [5.74, 6) is -0.0410. The molecule has 0 radical (unpaired) electrons. The van der Waals surface area contributed by atoms with Gasteiger partial charge in [0.2, 0.25) is 10.0 Å². The normalized spacial score (nSPS) is 11.5. The molecule has 1 amide bonds. The summed E-state index contributed by atoms with van der Waals surface area (Å²) in [4.78, 5) is 23.5. The van der Waals surface area contributed by atoms with Crippen molar-refractivity contribution in [3.63, 3.8) is 0 Å². The number of halogens is 1. The number of anilines is 1. The summed E-state index contributed by atoms with van der Waals surface area (Å²) in [5.41, 5.74) is 2.79. The Morgan fingerprint density at radius 1 is 1.29 bits per heavy atom. The number of amides is 1. The van der Waals surface area contributed by atoms with E-state index in [1.807, 2.05) is 29.5 Å². The molecule has 0 atom stereocenters. The zero-order valence-corrected chi connectivity index (χ0v) is 19.9. The van der Waals surface area contributed by atoms with Crippen LogP contribution in [0.1, 0.15) is 37.9 Å². The highest BCUT2D eigenvalue weighted by atomic mass is 35.5. The Balaban J connectivity index is 1.89. The number of rotatable bonds is 8. The smallest absolute Gasteiger partial charge is 0.284 e. The standard InChI is InChI=1S/C19H22ClN5O4S2/c1-11-15(12(2)29-23-11)10-25(8-7-14-5-6-16(20)21-9-14)19-22-17(13(3)30-19)18(26)24-31(4,27)28/h5-6,9H,7-8,10H2,1-4H3,(H,24,26). The third kappa shape index (κ3) is 6.02. The number of nitrogens with zero attached hydrogens (tertiary/aromatic N) is 4. The number of hydrogen-bond donors (Lipinski definition) is 1. The number of carbonyl (C=O) groups is 1. The second-order valence-electron chi connectivity index (χ2n) is 7.07. The highest BCUT2D eigenvalue weighted by molar-refractivity contribution is 7.89. The van der Waals surface area contributed by atoms with Crippen molar-refractivity contribution in [2.45, 2.75) is 33.7 Å². The molecule has 12 heteroatoms. The van der Waals surface area contributed by atoms with Crippen LogP contribution in [0.15, 0.2) is 22.9 Å². The number of thiazole rings is 1. The van der Waals surface area contributed by atoms with Gasteiger partial charge in [0, 0.05) is 23.2 Å². The van der Waals surface area contributed by atoms with Gasteiger partial charge in [0.25, 0.3) is 5.91 Å². The molecule has 0 spiro atoms. The minimum atomic E-state index is -3.69. The zero-order chi connectivity index (χ0) is 22.8. The van der Waals surface area contributed by atoms with Gasteiger partial charge in [0.05, 0.1) is 18.5 Å². The highest BCUT2D eigenvalue weighted by Gasteiger charge is 2.23. The maximum atomic E-state index is 12.3. The van der Waals surface area contributed by atoms with Crippen LogP contribution in [-0.4, -0.2) is 42.3 Å². The minimum absolute atomic E-state index is 0.0855. The van der Waals surface area contributed by atoms with Gasteiger partial charge in [-0.15, -0.1) is 11.3 Å². The van der Waals surface area contributed by atoms with Crippen molar-refractivity contribution in [3.05, 3.63) is 56.6 Å². The van der Waals surface area contributed by atoms with Gasteiger partial charge in [-0.25, -0.2) is 23.1 Å². The molecule has 0 saturated carbocycles. The van der Waals surface area contributed by atoms with Crippen LogP contribution in [0.2, 0.25) is 5.15 Å². The molecular weight excluding hydrogens is 462 g/mol. The number of carbonyl (C=O) groups excluding carboxylic acids is 1. The SMILES string of the molecule is Cc1noc(C)c1CN(CCc1ccc(Cl)nc1)c1nc(C(=O)NS(C)(=O)=O)c(C)s1. The molecule has 3 aromatic heterocycles. The maximum Gasteiger partial charge on any atom is 0.284 e. The average molecular weight is 484 g/mol. The predicted molar refractivity (Wildman–Crippen MR) is 119 cm³/mol. The summed E-state index contributed by atoms with van der Waals surface area (Å²) >= 11 is 7.19. The fourth-order valence-corrected chi connectivity index (χ4v) is 4.40. The van der Waals surface area contributed by atoms with Crippen LogP contribution in [0.4, 0.5) is 5.13 Å². The van der Waals surface area contributed by atoms with Gasteiger partial charge in [0.1, 0.15) is 16.6 Å². The minimum Gasteiger partial charge on any atom is -0.361 e. The van der Waals surface area contributed by atoms with E-state index in [1.54, 1.807) is 19.2 Å². The van der Waals surface area contributed by atoms with Crippen molar-refractivity contribution >= 4 is 44.0 Å². The van der Waals surface area contributed by atoms with Crippen molar-refractivity contribution < 1.29 is 17.7 Å². The van der Waals surface area contributed by atoms with Gasteiger partial charge in [-0.1, -0.05) is 22.8 Å². The molecule has 0 unspecified atom stereocenters. The van der Waals surface area contributed by atoms with Gasteiger partial charge in [-0.2, -0.15) is 0 Å². The Kier molecular flexibility index (Phi) is 6.97. The van der Waals surface area contributed by atoms with Crippen LogP contribution in [0, 0.1) is 20.8 Å². The van der Waals surface area contributed by atoms with Gasteiger partial charge >= 0.3 is 0 Å². The Morgan fingerprint density at radius 3 is 2.61 bits per heavy atom. The van der Waals surface area contributed by atoms with Crippen LogP contribution in [0.5, 0.6) is 0 Å². The monoisotopic (exact) mass is 483 g/mol. The van der Waals surface area contributed by atoms with Crippen LogP contribution in [0.3, 0.4) is 0 Å². The summed E-state index contributed by atoms with van der Waals surface area (Å²) < 4.78 is 30.1. The second kappa shape index (κ2) is 9.33. The molecule has 0 fully saturated rings. The lowest BCUT2D eigenvalue weighted by molar-refractivity contribution is 0.0977. The number of sulfonamides is 1. The first-order chi connectivity index (χ1) is 14.5. The Bertz CT molecular complexity index is 1170. The van der Waals surface area contributed by atoms with E-state index in [9.17, 15) is 13.2 Å². The van der Waals surface area contributed by atoms with Crippen LogP contribution in [-0.2, 0) is 23.0 Å². The van der Waals surface area contributed by atoms with Gasteiger partial charge < -0.3 is 9.42 Å². The average Bonchev–Trinajstić information content (AvgIpc) is 3.21. The first-order valence-electron chi connectivity index (χ1n) is 9.30. The molecule has 9 nitrogen and oxygen atoms in total. The van der Waals surface area contributed by atoms with Gasteiger partial charge in [-0.3, -0.25) is 4.79 Å². The molecule has 3 rings (SSSR count). The maximum absolute atomic E-state index is 12.3. The third-order valence-corrected chi connectivity index (χ3v) is 6.35. The molecule has 0 bridgehead atoms. The van der Waals surface area contributed by atoms with Crippen molar-refractivity contribution in [2.75, 3.05) is 17.7 Å². The summed E-state index contributed by atoms with van der Waals surface area (Å²) in [6, 6.07) is 3.64. The van der Waals surface area contributed by atoms with Crippen LogP contribution < -0.4 is 9.62 Å². The highest BCUT2D eigenvalue weighted by Crippen LogP contribution is 2.28. The number of aromatic nitrogens is 3. The van der Waals surface area contributed by atoms with Crippen molar-refractivity contribution in [2.24, 2.45) is 0 Å². The number of pyridine rings is 1. The van der Waals surface area contributed by atoms with Crippen molar-refractivity contribution in [1.29, 1.82) is 0 Å². The quantitative estimate of drug-likeness (QED) is 0.485. The fourth-order valence-electron chi connectivity index (χ4n) is 2.92. The third-order valence-electron chi connectivity index (χ3n) is 4.54. The topological polar surface area (TPSA) is 118 Å². The lowest BCUT2D eigenvalue weighted by Crippen LogP contribution is -2.30. The molecule has 0 aliphatic heterocycles. The molecule has 0 aromatic carbocycles. The first-order valence-corrected chi connectivity index (χ1v) is 12.4. The first kappa shape index (κ1) is 23.2. The number of aryl methyl sites for hydroxylation is 3. The lowest BCUT2D eigenvalue weighted by Gasteiger charge is -2.22. The lowest BCUT2D eigenvalue weighted by atomic mass is 10.1. The molecule has 0 aliphatic carbocycles. The molecular formula is C19H22ClN5O4S2. The van der Waals surface area contributed by atoms with Crippen LogP contribution in [0.25, 0.3) is 0 Å². The van der Waals surface area contributed by atoms with E-state index in [2.05, 4.69) is 15.1 Å². The van der Waals surface area contributed by atoms with E-state index in [-0.39, 0.29) is 5.69 Å². The van der Waals surface area contributed by atoms with E-state index in [0.717, 1.165) is 23.1 Å². The summed E-state index contributed by atoms with van der Waals surface area (Å²) in [6.45, 7) is 6.49. The van der Waals surface area contributed by atoms with Gasteiger partial charge in [-0.05, 0) is 38.8 Å². The van der Waals surface area contributed by atoms with E-state index in [4.69, 9.17) is 16.1 Å². The molecule has 3 heterocycles. The van der Waals surface area contributed by atoms with E-state index in [0.29, 0.717) is 40.4 Å². The summed E-state index contributed by atoms with van der Waals surface area (Å²) in [5, 5.41) is 5.03. The van der Waals surface area contributed by atoms with Crippen molar-refractivity contribution in [3.8, 4) is 0 Å². The Morgan fingerprint density at radius 2 is 2.03 bits per heavy atom. The fraction of sp³-hybridized carbons (Fsp3) is 0.368. The van der Waals surface area contributed by atoms with E-state index >= 15 is 0 Å². The van der Waals surface area contributed by atoms with E-state index < -0.39 is 15.9 Å². The number of nitrogens with one attached hydrogen (secondary N) is 1. The van der Waals surface area contributed by atoms with Crippen LogP contribution >= 0.6 is 22.9 Å². The molecule has 166 valence electrons. The largest absolute Gasteiger partial charge is 0.361 e. The summed E-state index contributed by atoms with van der Waals surface area (Å²) in [6.07, 6.45) is 3.31. The molecule has 1 N–H and O–H groups in total. The van der Waals surface area contributed by atoms with Crippen molar-refractivity contribution in [1.82, 2.24) is 19.8 Å².